The van der Waals surface area contributed by atoms with Gasteiger partial charge in [0.25, 0.3) is 0 Å². The monoisotopic (exact) mass is 176 g/mol. The van der Waals surface area contributed by atoms with Crippen molar-refractivity contribution >= 4 is 17.5 Å². The molecule has 3 nitrogen and oxygen atoms in total. The lowest BCUT2D eigenvalue weighted by Crippen LogP contribution is -2.23. The highest BCUT2D eigenvalue weighted by Gasteiger charge is 2.28. The molecule has 0 aromatic rings. The summed E-state index contributed by atoms with van der Waals surface area (Å²) in [5.41, 5.74) is -0.0904. The van der Waals surface area contributed by atoms with Gasteiger partial charge >= 0.3 is 0 Å². The van der Waals surface area contributed by atoms with Gasteiger partial charge in [0, 0.05) is 0 Å². The summed E-state index contributed by atoms with van der Waals surface area (Å²) >= 11 is 0. The van der Waals surface area contributed by atoms with Crippen molar-refractivity contribution < 1.29 is 14.4 Å². The van der Waals surface area contributed by atoms with Gasteiger partial charge in [-0.2, -0.15) is 0 Å². The van der Waals surface area contributed by atoms with Gasteiger partial charge in [0.2, 0.25) is 0 Å². The molecule has 0 heterocycles. The van der Waals surface area contributed by atoms with Gasteiger partial charge in [0.15, 0.2) is 11.6 Å². The van der Waals surface area contributed by atoms with E-state index in [0.717, 1.165) is 6.08 Å². The fourth-order valence-corrected chi connectivity index (χ4v) is 1.20. The number of carbonyl (C=O) groups excluding carboxylic acids is 3. The first-order valence-corrected chi connectivity index (χ1v) is 3.83. The van der Waals surface area contributed by atoms with Crippen LogP contribution < -0.4 is 0 Å². The van der Waals surface area contributed by atoms with E-state index in [9.17, 15) is 14.4 Å². The Balaban J connectivity index is 3.09. The number of rotatable bonds is 2. The predicted molar refractivity (Wildman–Crippen MR) is 46.7 cm³/mol. The van der Waals surface area contributed by atoms with Crippen LogP contribution in [0.25, 0.3) is 0 Å². The molecular weight excluding hydrogens is 168 g/mol. The van der Waals surface area contributed by atoms with Crippen molar-refractivity contribution in [3.8, 4) is 0 Å². The second kappa shape index (κ2) is 3.78. The minimum atomic E-state index is -0.674. The van der Waals surface area contributed by atoms with Crippen LogP contribution in [-0.2, 0) is 14.4 Å². The molecule has 0 saturated heterocycles. The minimum absolute atomic E-state index is 0.0904. The van der Waals surface area contributed by atoms with Crippen LogP contribution in [0.2, 0.25) is 0 Å². The summed E-state index contributed by atoms with van der Waals surface area (Å²) in [6.07, 6.45) is 4.10. The van der Waals surface area contributed by atoms with Crippen LogP contribution in [0.4, 0.5) is 0 Å². The topological polar surface area (TPSA) is 51.2 Å². The zero-order valence-electron chi connectivity index (χ0n) is 6.95. The van der Waals surface area contributed by atoms with Crippen LogP contribution >= 0.6 is 0 Å². The zero-order chi connectivity index (χ0) is 9.84. The van der Waals surface area contributed by atoms with Crippen LogP contribution in [0.15, 0.2) is 30.4 Å². The van der Waals surface area contributed by atoms with E-state index in [2.05, 4.69) is 6.58 Å². The van der Waals surface area contributed by atoms with Crippen molar-refractivity contribution in [2.75, 3.05) is 0 Å². The molecule has 1 rings (SSSR count). The molecule has 0 aromatic heterocycles. The van der Waals surface area contributed by atoms with Crippen LogP contribution in [0.1, 0.15) is 6.42 Å². The fraction of sp³-hybridized carbons (Fsp3) is 0.200. The fourth-order valence-electron chi connectivity index (χ4n) is 1.20. The Kier molecular flexibility index (Phi) is 2.72. The van der Waals surface area contributed by atoms with Gasteiger partial charge in [-0.1, -0.05) is 6.08 Å². The maximum Gasteiger partial charge on any atom is 0.193 e. The Morgan fingerprint density at radius 2 is 2.15 bits per heavy atom. The Morgan fingerprint density at radius 1 is 1.46 bits per heavy atom. The second-order valence-corrected chi connectivity index (χ2v) is 2.69. The van der Waals surface area contributed by atoms with Crippen LogP contribution in [0.3, 0.4) is 0 Å². The van der Waals surface area contributed by atoms with Gasteiger partial charge in [0.05, 0.1) is 11.5 Å². The molecule has 66 valence electrons. The molecule has 0 aliphatic heterocycles. The molecule has 1 unspecified atom stereocenters. The molecule has 0 spiro atoms. The smallest absolute Gasteiger partial charge is 0.193 e. The van der Waals surface area contributed by atoms with Gasteiger partial charge in [-0.25, -0.2) is 4.79 Å². The zero-order valence-corrected chi connectivity index (χ0v) is 6.95. The first-order chi connectivity index (χ1) is 6.20. The molecule has 1 aliphatic rings. The maximum atomic E-state index is 11.2. The van der Waals surface area contributed by atoms with E-state index in [-0.39, 0.29) is 11.4 Å². The minimum Gasteiger partial charge on any atom is -0.294 e. The number of carbonyl (C=O) groups is 2. The van der Waals surface area contributed by atoms with Crippen LogP contribution in [0.5, 0.6) is 0 Å². The van der Waals surface area contributed by atoms with Crippen molar-refractivity contribution in [1.82, 2.24) is 0 Å². The molecule has 0 fully saturated rings. The predicted octanol–water partition coefficient (Wildman–Crippen LogP) is 0.645. The number of hydrogen-bond donors (Lipinski definition) is 0. The van der Waals surface area contributed by atoms with Gasteiger partial charge in [0.1, 0.15) is 5.94 Å². The van der Waals surface area contributed by atoms with Gasteiger partial charge in [-0.05, 0) is 18.6 Å². The summed E-state index contributed by atoms with van der Waals surface area (Å²) in [5, 5.41) is 0. The number of ketones is 2. The third-order valence-corrected chi connectivity index (χ3v) is 1.87. The summed E-state index contributed by atoms with van der Waals surface area (Å²) in [5.74, 6) is 0.175. The van der Waals surface area contributed by atoms with E-state index >= 15 is 0 Å². The third-order valence-electron chi connectivity index (χ3n) is 1.87. The van der Waals surface area contributed by atoms with E-state index in [0.29, 0.717) is 6.42 Å². The first kappa shape index (κ1) is 9.36. The summed E-state index contributed by atoms with van der Waals surface area (Å²) in [4.78, 5) is 32.7. The SMILES string of the molecule is C=CCC1C(=O)C=CC(=O)C1=C=O. The average Bonchev–Trinajstić information content (AvgIpc) is 2.12. The molecule has 13 heavy (non-hydrogen) atoms. The lowest BCUT2D eigenvalue weighted by Gasteiger charge is -2.13. The van der Waals surface area contributed by atoms with Crippen molar-refractivity contribution in [2.45, 2.75) is 6.42 Å². The Morgan fingerprint density at radius 3 is 2.69 bits per heavy atom. The Hall–Kier alpha value is -1.73. The molecule has 3 heteroatoms. The van der Waals surface area contributed by atoms with Crippen molar-refractivity contribution in [3.63, 3.8) is 0 Å². The van der Waals surface area contributed by atoms with Gasteiger partial charge in [-0.3, -0.25) is 9.59 Å². The van der Waals surface area contributed by atoms with Crippen LogP contribution in [0, 0.1) is 5.92 Å². The Labute approximate surface area is 75.4 Å². The summed E-state index contributed by atoms with van der Waals surface area (Å²) in [6.45, 7) is 3.45. The molecule has 0 aromatic carbocycles. The van der Waals surface area contributed by atoms with Crippen LogP contribution in [-0.4, -0.2) is 17.5 Å². The first-order valence-electron chi connectivity index (χ1n) is 3.83. The lowest BCUT2D eigenvalue weighted by molar-refractivity contribution is -0.120. The summed E-state index contributed by atoms with van der Waals surface area (Å²) < 4.78 is 0. The second-order valence-electron chi connectivity index (χ2n) is 2.69. The van der Waals surface area contributed by atoms with E-state index in [1.165, 1.54) is 18.1 Å². The van der Waals surface area contributed by atoms with Crippen molar-refractivity contribution in [1.29, 1.82) is 0 Å². The molecule has 1 aliphatic carbocycles. The highest BCUT2D eigenvalue weighted by atomic mass is 16.1. The molecular formula is C10H8O3. The van der Waals surface area contributed by atoms with E-state index in [4.69, 9.17) is 0 Å². The lowest BCUT2D eigenvalue weighted by atomic mass is 9.85. The van der Waals surface area contributed by atoms with Crippen molar-refractivity contribution in [2.24, 2.45) is 5.92 Å². The van der Waals surface area contributed by atoms with Crippen molar-refractivity contribution in [3.05, 3.63) is 30.4 Å². The molecule has 0 N–H and O–H groups in total. The molecule has 1 atom stereocenters. The third kappa shape index (κ3) is 1.71. The van der Waals surface area contributed by atoms with E-state index in [1.807, 2.05) is 0 Å². The standard InChI is InChI=1S/C10H8O3/c1-2-3-7-8(6-11)10(13)5-4-9(7)12/h2,4-5,7H,1,3H2. The van der Waals surface area contributed by atoms with E-state index < -0.39 is 11.7 Å². The number of allylic oxidation sites excluding steroid dienone is 4. The van der Waals surface area contributed by atoms with Gasteiger partial charge in [-0.15, -0.1) is 6.58 Å². The highest BCUT2D eigenvalue weighted by Crippen LogP contribution is 2.20. The highest BCUT2D eigenvalue weighted by molar-refractivity contribution is 6.19. The largest absolute Gasteiger partial charge is 0.294 e. The van der Waals surface area contributed by atoms with E-state index in [1.54, 1.807) is 0 Å². The number of hydrogen-bond acceptors (Lipinski definition) is 3. The molecule has 0 radical (unpaired) electrons. The normalized spacial score (nSPS) is 21.5. The summed E-state index contributed by atoms with van der Waals surface area (Å²) in [7, 11) is 0. The molecule has 0 amide bonds. The molecule has 0 saturated carbocycles. The molecule has 0 bridgehead atoms. The van der Waals surface area contributed by atoms with Gasteiger partial charge < -0.3 is 0 Å². The maximum absolute atomic E-state index is 11.2. The average molecular weight is 176 g/mol. The Bertz CT molecular complexity index is 343. The summed E-state index contributed by atoms with van der Waals surface area (Å²) in [6, 6.07) is 0. The quantitative estimate of drug-likeness (QED) is 0.352.